The van der Waals surface area contributed by atoms with E-state index in [4.69, 9.17) is 0 Å². The Hall–Kier alpha value is -2.64. The lowest BCUT2D eigenvalue weighted by Crippen LogP contribution is -2.24. The van der Waals surface area contributed by atoms with E-state index in [1.807, 2.05) is 35.9 Å². The van der Waals surface area contributed by atoms with Gasteiger partial charge in [0.15, 0.2) is 0 Å². The van der Waals surface area contributed by atoms with Crippen LogP contribution in [-0.4, -0.2) is 23.1 Å². The van der Waals surface area contributed by atoms with Gasteiger partial charge in [0.2, 0.25) is 5.91 Å². The SMILES string of the molecule is CSc1ncccc1C(=O)Nc1ccc(CC(=O)NCc2cccs2)cc1. The number of hydrogen-bond acceptors (Lipinski definition) is 5. The molecule has 2 N–H and O–H groups in total. The third-order valence-electron chi connectivity index (χ3n) is 3.83. The summed E-state index contributed by atoms with van der Waals surface area (Å²) in [5.74, 6) is -0.228. The van der Waals surface area contributed by atoms with Crippen molar-refractivity contribution in [1.82, 2.24) is 10.3 Å². The van der Waals surface area contributed by atoms with E-state index in [0.717, 1.165) is 10.4 Å². The van der Waals surface area contributed by atoms with Crippen LogP contribution < -0.4 is 10.6 Å². The third-order valence-corrected chi connectivity index (χ3v) is 5.41. The molecule has 1 aromatic carbocycles. The molecule has 2 aromatic heterocycles. The van der Waals surface area contributed by atoms with Crippen LogP contribution in [0.1, 0.15) is 20.8 Å². The van der Waals surface area contributed by atoms with E-state index in [1.165, 1.54) is 11.8 Å². The van der Waals surface area contributed by atoms with Crippen molar-refractivity contribution in [1.29, 1.82) is 0 Å². The number of nitrogens with zero attached hydrogens (tertiary/aromatic N) is 1. The second kappa shape index (κ2) is 9.34. The molecule has 138 valence electrons. The maximum atomic E-state index is 12.4. The summed E-state index contributed by atoms with van der Waals surface area (Å²) in [5, 5.41) is 8.45. The van der Waals surface area contributed by atoms with Crippen LogP contribution in [0.5, 0.6) is 0 Å². The predicted molar refractivity (Wildman–Crippen MR) is 110 cm³/mol. The Morgan fingerprint density at radius 1 is 1.11 bits per heavy atom. The van der Waals surface area contributed by atoms with Gasteiger partial charge in [-0.25, -0.2) is 4.98 Å². The van der Waals surface area contributed by atoms with Crippen LogP contribution in [0.3, 0.4) is 0 Å². The Balaban J connectivity index is 1.55. The molecule has 0 spiro atoms. The second-order valence-corrected chi connectivity index (χ2v) is 7.57. The van der Waals surface area contributed by atoms with Crippen molar-refractivity contribution in [3.63, 3.8) is 0 Å². The highest BCUT2D eigenvalue weighted by Crippen LogP contribution is 2.19. The number of pyridine rings is 1. The van der Waals surface area contributed by atoms with Crippen LogP contribution in [0, 0.1) is 0 Å². The molecule has 27 heavy (non-hydrogen) atoms. The Kier molecular flexibility index (Phi) is 6.62. The van der Waals surface area contributed by atoms with Crippen molar-refractivity contribution in [3.05, 3.63) is 76.1 Å². The Labute approximate surface area is 166 Å². The highest BCUT2D eigenvalue weighted by molar-refractivity contribution is 7.98. The molecule has 0 aliphatic carbocycles. The zero-order valence-electron chi connectivity index (χ0n) is 14.8. The monoisotopic (exact) mass is 397 g/mol. The van der Waals surface area contributed by atoms with Gasteiger partial charge in [0, 0.05) is 16.8 Å². The van der Waals surface area contributed by atoms with Gasteiger partial charge in [0.25, 0.3) is 5.91 Å². The first-order valence-electron chi connectivity index (χ1n) is 8.34. The molecule has 0 bridgehead atoms. The summed E-state index contributed by atoms with van der Waals surface area (Å²) in [6, 6.07) is 14.7. The molecule has 0 atom stereocenters. The molecule has 7 heteroatoms. The number of carbonyl (C=O) groups is 2. The van der Waals surface area contributed by atoms with Crippen molar-refractivity contribution < 1.29 is 9.59 Å². The van der Waals surface area contributed by atoms with Gasteiger partial charge in [0.05, 0.1) is 18.5 Å². The topological polar surface area (TPSA) is 71.1 Å². The van der Waals surface area contributed by atoms with E-state index in [-0.39, 0.29) is 11.8 Å². The minimum absolute atomic E-state index is 0.0276. The zero-order chi connectivity index (χ0) is 19.1. The van der Waals surface area contributed by atoms with Crippen molar-refractivity contribution in [3.8, 4) is 0 Å². The summed E-state index contributed by atoms with van der Waals surface area (Å²) >= 11 is 3.05. The smallest absolute Gasteiger partial charge is 0.258 e. The summed E-state index contributed by atoms with van der Waals surface area (Å²) in [4.78, 5) is 29.8. The molecule has 0 saturated heterocycles. The van der Waals surface area contributed by atoms with Crippen LogP contribution in [0.2, 0.25) is 0 Å². The number of aromatic nitrogens is 1. The van der Waals surface area contributed by atoms with Gasteiger partial charge in [0.1, 0.15) is 5.03 Å². The number of anilines is 1. The molecular formula is C20H19N3O2S2. The summed E-state index contributed by atoms with van der Waals surface area (Å²) in [6.45, 7) is 0.549. The molecule has 0 fully saturated rings. The number of thiophene rings is 1. The third kappa shape index (κ3) is 5.42. The van der Waals surface area contributed by atoms with E-state index in [9.17, 15) is 9.59 Å². The average Bonchev–Trinajstić information content (AvgIpc) is 3.21. The van der Waals surface area contributed by atoms with E-state index < -0.39 is 0 Å². The maximum absolute atomic E-state index is 12.4. The molecule has 3 rings (SSSR count). The standard InChI is InChI=1S/C20H19N3O2S2/c1-26-20-17(5-2-10-21-20)19(25)23-15-8-6-14(7-9-15)12-18(24)22-13-16-4-3-11-27-16/h2-11H,12-13H2,1H3,(H,22,24)(H,23,25). The lowest BCUT2D eigenvalue weighted by Gasteiger charge is -2.09. The van der Waals surface area contributed by atoms with Crippen molar-refractivity contribution in [2.45, 2.75) is 18.0 Å². The number of hydrogen-bond donors (Lipinski definition) is 2. The van der Waals surface area contributed by atoms with Crippen LogP contribution in [0.4, 0.5) is 5.69 Å². The molecule has 3 aromatic rings. The number of thioether (sulfide) groups is 1. The molecular weight excluding hydrogens is 378 g/mol. The predicted octanol–water partition coefficient (Wildman–Crippen LogP) is 3.98. The normalized spacial score (nSPS) is 10.4. The fourth-order valence-electron chi connectivity index (χ4n) is 2.48. The van der Waals surface area contributed by atoms with Gasteiger partial charge in [-0.2, -0.15) is 0 Å². The van der Waals surface area contributed by atoms with Gasteiger partial charge in [-0.1, -0.05) is 18.2 Å². The number of benzene rings is 1. The number of rotatable bonds is 7. The molecule has 0 unspecified atom stereocenters. The molecule has 5 nitrogen and oxygen atoms in total. The zero-order valence-corrected chi connectivity index (χ0v) is 16.4. The molecule has 0 radical (unpaired) electrons. The maximum Gasteiger partial charge on any atom is 0.258 e. The van der Waals surface area contributed by atoms with E-state index in [0.29, 0.717) is 29.2 Å². The van der Waals surface area contributed by atoms with Crippen LogP contribution in [-0.2, 0) is 17.8 Å². The Bertz CT molecular complexity index is 909. The van der Waals surface area contributed by atoms with E-state index >= 15 is 0 Å². The highest BCUT2D eigenvalue weighted by atomic mass is 32.2. The highest BCUT2D eigenvalue weighted by Gasteiger charge is 2.12. The van der Waals surface area contributed by atoms with E-state index in [2.05, 4.69) is 15.6 Å². The van der Waals surface area contributed by atoms with Gasteiger partial charge in [-0.15, -0.1) is 23.1 Å². The quantitative estimate of drug-likeness (QED) is 0.592. The Morgan fingerprint density at radius 3 is 2.63 bits per heavy atom. The first kappa shape index (κ1) is 19.1. The summed E-state index contributed by atoms with van der Waals surface area (Å²) < 4.78 is 0. The van der Waals surface area contributed by atoms with Gasteiger partial charge >= 0.3 is 0 Å². The average molecular weight is 398 g/mol. The molecule has 0 saturated carbocycles. The summed E-state index contributed by atoms with van der Waals surface area (Å²) in [5.41, 5.74) is 2.11. The first-order valence-corrected chi connectivity index (χ1v) is 10.4. The van der Waals surface area contributed by atoms with Gasteiger partial charge in [-0.3, -0.25) is 9.59 Å². The summed E-state index contributed by atoms with van der Waals surface area (Å²) in [7, 11) is 0. The molecule has 0 aliphatic rings. The van der Waals surface area contributed by atoms with Crippen LogP contribution in [0.15, 0.2) is 65.1 Å². The minimum Gasteiger partial charge on any atom is -0.351 e. The lowest BCUT2D eigenvalue weighted by molar-refractivity contribution is -0.120. The largest absolute Gasteiger partial charge is 0.351 e. The fourth-order valence-corrected chi connectivity index (χ4v) is 3.67. The fraction of sp³-hybridized carbons (Fsp3) is 0.150. The molecule has 2 heterocycles. The lowest BCUT2D eigenvalue weighted by atomic mass is 10.1. The Morgan fingerprint density at radius 2 is 1.93 bits per heavy atom. The number of carbonyl (C=O) groups excluding carboxylic acids is 2. The van der Waals surface area contributed by atoms with Crippen molar-refractivity contribution in [2.24, 2.45) is 0 Å². The van der Waals surface area contributed by atoms with E-state index in [1.54, 1.807) is 41.8 Å². The number of amides is 2. The second-order valence-electron chi connectivity index (χ2n) is 5.74. The first-order chi connectivity index (χ1) is 13.2. The molecule has 2 amide bonds. The molecule has 0 aliphatic heterocycles. The van der Waals surface area contributed by atoms with Crippen molar-refractivity contribution in [2.75, 3.05) is 11.6 Å². The minimum atomic E-state index is -0.200. The van der Waals surface area contributed by atoms with Gasteiger partial charge in [-0.05, 0) is 47.5 Å². The van der Waals surface area contributed by atoms with Crippen LogP contribution in [0.25, 0.3) is 0 Å². The summed E-state index contributed by atoms with van der Waals surface area (Å²) in [6.07, 6.45) is 3.86. The van der Waals surface area contributed by atoms with Crippen molar-refractivity contribution >= 4 is 40.6 Å². The van der Waals surface area contributed by atoms with Crippen LogP contribution >= 0.6 is 23.1 Å². The number of nitrogens with one attached hydrogen (secondary N) is 2. The van der Waals surface area contributed by atoms with Gasteiger partial charge < -0.3 is 10.6 Å².